The van der Waals surface area contributed by atoms with E-state index in [1.807, 2.05) is 13.1 Å². The maximum Gasteiger partial charge on any atom is 0.123 e. The van der Waals surface area contributed by atoms with Gasteiger partial charge in [0.2, 0.25) is 0 Å². The molecule has 0 heterocycles. The number of benzene rings is 1. The van der Waals surface area contributed by atoms with Crippen LogP contribution in [0.2, 0.25) is 0 Å². The van der Waals surface area contributed by atoms with Gasteiger partial charge in [0.05, 0.1) is 0 Å². The van der Waals surface area contributed by atoms with E-state index in [9.17, 15) is 4.39 Å². The fraction of sp³-hybridized carbons (Fsp3) is 0.684. The van der Waals surface area contributed by atoms with Crippen molar-refractivity contribution in [3.63, 3.8) is 0 Å². The number of hydrogen-bond donors (Lipinski definition) is 1. The van der Waals surface area contributed by atoms with E-state index in [1.165, 1.54) is 50.5 Å². The van der Waals surface area contributed by atoms with Crippen molar-refractivity contribution >= 4 is 0 Å². The summed E-state index contributed by atoms with van der Waals surface area (Å²) in [4.78, 5) is 0. The first kappa shape index (κ1) is 15.0. The maximum absolute atomic E-state index is 13.7. The Morgan fingerprint density at radius 1 is 1.10 bits per heavy atom. The second-order valence-electron chi connectivity index (χ2n) is 7.15. The van der Waals surface area contributed by atoms with Gasteiger partial charge in [-0.25, -0.2) is 4.39 Å². The fourth-order valence-electron chi connectivity index (χ4n) is 4.80. The molecule has 0 radical (unpaired) electrons. The van der Waals surface area contributed by atoms with E-state index in [0.717, 1.165) is 17.4 Å². The lowest BCUT2D eigenvalue weighted by molar-refractivity contribution is 0.111. The lowest BCUT2D eigenvalue weighted by atomic mass is 9.65. The molecule has 0 amide bonds. The van der Waals surface area contributed by atoms with Crippen LogP contribution in [0.4, 0.5) is 4.39 Å². The molecule has 0 spiro atoms. The summed E-state index contributed by atoms with van der Waals surface area (Å²) < 4.78 is 13.7. The van der Waals surface area contributed by atoms with Gasteiger partial charge >= 0.3 is 0 Å². The van der Waals surface area contributed by atoms with E-state index >= 15 is 0 Å². The van der Waals surface area contributed by atoms with Crippen molar-refractivity contribution in [3.8, 4) is 0 Å². The number of hydrogen-bond acceptors (Lipinski definition) is 1. The van der Waals surface area contributed by atoms with Crippen LogP contribution in [-0.4, -0.2) is 7.05 Å². The van der Waals surface area contributed by atoms with Crippen molar-refractivity contribution in [1.29, 1.82) is 0 Å². The van der Waals surface area contributed by atoms with Gasteiger partial charge in [0.15, 0.2) is 0 Å². The largest absolute Gasteiger partial charge is 0.313 e. The molecule has 4 unspecified atom stereocenters. The Balaban J connectivity index is 1.78. The van der Waals surface area contributed by atoms with Crippen LogP contribution in [0, 0.1) is 30.5 Å². The third kappa shape index (κ3) is 3.15. The first-order chi connectivity index (χ1) is 10.2. The topological polar surface area (TPSA) is 12.0 Å². The van der Waals surface area contributed by atoms with Gasteiger partial charge < -0.3 is 5.32 Å². The van der Waals surface area contributed by atoms with E-state index < -0.39 is 0 Å². The Hall–Kier alpha value is -0.890. The zero-order valence-corrected chi connectivity index (χ0v) is 13.4. The summed E-state index contributed by atoms with van der Waals surface area (Å²) in [5.74, 6) is 2.44. The molecule has 0 saturated heterocycles. The van der Waals surface area contributed by atoms with Crippen LogP contribution in [0.3, 0.4) is 0 Å². The van der Waals surface area contributed by atoms with Gasteiger partial charge in [-0.15, -0.1) is 0 Å². The Bertz CT molecular complexity index is 484. The van der Waals surface area contributed by atoms with Crippen LogP contribution < -0.4 is 5.32 Å². The molecule has 1 aromatic rings. The minimum absolute atomic E-state index is 0.109. The first-order valence-electron chi connectivity index (χ1n) is 8.62. The molecule has 2 aliphatic carbocycles. The molecule has 2 fully saturated rings. The molecule has 3 rings (SSSR count). The smallest absolute Gasteiger partial charge is 0.123 e. The lowest BCUT2D eigenvalue weighted by Crippen LogP contribution is -2.34. The number of aryl methyl sites for hydroxylation is 1. The van der Waals surface area contributed by atoms with E-state index in [4.69, 9.17) is 0 Å². The molecule has 1 N–H and O–H groups in total. The van der Waals surface area contributed by atoms with Crippen molar-refractivity contribution in [1.82, 2.24) is 5.32 Å². The van der Waals surface area contributed by atoms with Gasteiger partial charge in [-0.1, -0.05) is 31.7 Å². The molecule has 2 aliphatic rings. The molecule has 0 aliphatic heterocycles. The highest BCUT2D eigenvalue weighted by Crippen LogP contribution is 2.46. The number of nitrogens with one attached hydrogen (secondary N) is 1. The Kier molecular flexibility index (Phi) is 4.63. The van der Waals surface area contributed by atoms with Gasteiger partial charge in [0, 0.05) is 6.04 Å². The molecule has 1 aromatic carbocycles. The highest BCUT2D eigenvalue weighted by Gasteiger charge is 2.35. The van der Waals surface area contributed by atoms with E-state index in [0.29, 0.717) is 12.0 Å². The number of rotatable bonds is 3. The Morgan fingerprint density at radius 3 is 2.62 bits per heavy atom. The van der Waals surface area contributed by atoms with Gasteiger partial charge in [0.1, 0.15) is 5.82 Å². The second-order valence-corrected chi connectivity index (χ2v) is 7.15. The summed E-state index contributed by atoms with van der Waals surface area (Å²) in [6.45, 7) is 2.10. The summed E-state index contributed by atoms with van der Waals surface area (Å²) in [6, 6.07) is 5.54. The number of halogens is 1. The zero-order chi connectivity index (χ0) is 14.8. The molecule has 1 nitrogen and oxygen atoms in total. The monoisotopic (exact) mass is 289 g/mol. The molecule has 4 atom stereocenters. The van der Waals surface area contributed by atoms with Gasteiger partial charge in [-0.3, -0.25) is 0 Å². The lowest BCUT2D eigenvalue weighted by Gasteiger charge is -2.42. The van der Waals surface area contributed by atoms with Crippen molar-refractivity contribution in [2.24, 2.45) is 17.8 Å². The average molecular weight is 289 g/mol. The summed E-state index contributed by atoms with van der Waals surface area (Å²) in [5.41, 5.74) is 2.37. The highest BCUT2D eigenvalue weighted by molar-refractivity contribution is 5.30. The molecule has 2 heteroatoms. The van der Waals surface area contributed by atoms with Crippen molar-refractivity contribution in [2.75, 3.05) is 7.05 Å². The summed E-state index contributed by atoms with van der Waals surface area (Å²) in [6.07, 6.45) is 9.71. The molecule has 0 aromatic heterocycles. The Morgan fingerprint density at radius 2 is 1.86 bits per heavy atom. The quantitative estimate of drug-likeness (QED) is 0.825. The predicted molar refractivity (Wildman–Crippen MR) is 85.7 cm³/mol. The van der Waals surface area contributed by atoms with Gasteiger partial charge in [0.25, 0.3) is 0 Å². The van der Waals surface area contributed by atoms with Crippen LogP contribution >= 0.6 is 0 Å². The molecule has 0 bridgehead atoms. The molecule has 21 heavy (non-hydrogen) atoms. The zero-order valence-electron chi connectivity index (χ0n) is 13.4. The molecular weight excluding hydrogens is 261 g/mol. The average Bonchev–Trinajstić information content (AvgIpc) is 2.51. The standard InChI is InChI=1S/C19H28FN/c1-13-7-10-17(20)12-18(13)19(21-2)16-9-8-14-5-3-4-6-15(14)11-16/h7,10,12,14-16,19,21H,3-6,8-9,11H2,1-2H3. The minimum Gasteiger partial charge on any atom is -0.313 e. The van der Waals surface area contributed by atoms with E-state index in [-0.39, 0.29) is 5.82 Å². The van der Waals surface area contributed by atoms with Gasteiger partial charge in [-0.2, -0.15) is 0 Å². The van der Waals surface area contributed by atoms with Crippen LogP contribution in [0.25, 0.3) is 0 Å². The highest BCUT2D eigenvalue weighted by atomic mass is 19.1. The van der Waals surface area contributed by atoms with Crippen LogP contribution in [0.1, 0.15) is 62.1 Å². The van der Waals surface area contributed by atoms with E-state index in [1.54, 1.807) is 12.1 Å². The van der Waals surface area contributed by atoms with Crippen LogP contribution in [0.15, 0.2) is 18.2 Å². The maximum atomic E-state index is 13.7. The molecule has 116 valence electrons. The SMILES string of the molecule is CNC(c1cc(F)ccc1C)C1CCC2CCCCC2C1. The predicted octanol–water partition coefficient (Wildman–Crippen LogP) is 5.00. The summed E-state index contributed by atoms with van der Waals surface area (Å²) >= 11 is 0. The Labute approximate surface area is 128 Å². The normalized spacial score (nSPS) is 30.7. The molecular formula is C19H28FN. The third-order valence-corrected chi connectivity index (χ3v) is 5.94. The fourth-order valence-corrected chi connectivity index (χ4v) is 4.80. The van der Waals surface area contributed by atoms with Crippen molar-refractivity contribution < 1.29 is 4.39 Å². The summed E-state index contributed by atoms with van der Waals surface area (Å²) in [5, 5.41) is 3.48. The third-order valence-electron chi connectivity index (χ3n) is 5.94. The van der Waals surface area contributed by atoms with Crippen LogP contribution in [-0.2, 0) is 0 Å². The number of fused-ring (bicyclic) bond motifs is 1. The second kappa shape index (κ2) is 6.48. The van der Waals surface area contributed by atoms with Crippen molar-refractivity contribution in [2.45, 2.75) is 57.9 Å². The minimum atomic E-state index is -0.109. The molecule has 2 saturated carbocycles. The summed E-state index contributed by atoms with van der Waals surface area (Å²) in [7, 11) is 2.03. The van der Waals surface area contributed by atoms with E-state index in [2.05, 4.69) is 12.2 Å². The van der Waals surface area contributed by atoms with Gasteiger partial charge in [-0.05, 0) is 74.2 Å². The van der Waals surface area contributed by atoms with Crippen molar-refractivity contribution in [3.05, 3.63) is 35.1 Å². The van der Waals surface area contributed by atoms with Crippen LogP contribution in [0.5, 0.6) is 0 Å². The first-order valence-corrected chi connectivity index (χ1v) is 8.62.